The maximum atomic E-state index is 13.7. The molecular weight excluding hydrogens is 365 g/mol. The van der Waals surface area contributed by atoms with Crippen molar-refractivity contribution in [2.75, 3.05) is 37.8 Å². The first-order valence-corrected chi connectivity index (χ1v) is 9.48. The monoisotopic (exact) mass is 389 g/mol. The van der Waals surface area contributed by atoms with Crippen LogP contribution < -0.4 is 4.90 Å². The van der Waals surface area contributed by atoms with Crippen molar-refractivity contribution in [3.8, 4) is 5.75 Å². The van der Waals surface area contributed by atoms with Crippen LogP contribution in [0, 0.1) is 0 Å². The van der Waals surface area contributed by atoms with Gasteiger partial charge in [-0.15, -0.1) is 0 Å². The zero-order valence-electron chi connectivity index (χ0n) is 15.7. The number of phenolic OH excluding ortho intramolecular Hbond substituents is 1. The molecule has 0 saturated carbocycles. The molecule has 0 amide bonds. The van der Waals surface area contributed by atoms with Crippen molar-refractivity contribution in [1.29, 1.82) is 0 Å². The number of ketones is 1. The highest BCUT2D eigenvalue weighted by molar-refractivity contribution is 5.97. The van der Waals surface area contributed by atoms with E-state index in [4.69, 9.17) is 9.47 Å². The van der Waals surface area contributed by atoms with Crippen molar-refractivity contribution in [2.45, 2.75) is 25.7 Å². The number of benzene rings is 1. The molecule has 1 saturated heterocycles. The first-order chi connectivity index (χ1) is 13.6. The minimum Gasteiger partial charge on any atom is -0.507 e. The van der Waals surface area contributed by atoms with Gasteiger partial charge in [0.05, 0.1) is 19.8 Å². The third-order valence-electron chi connectivity index (χ3n) is 4.73. The van der Waals surface area contributed by atoms with E-state index in [2.05, 4.69) is 4.90 Å². The van der Waals surface area contributed by atoms with Gasteiger partial charge in [0, 0.05) is 37.7 Å². The topological polar surface area (TPSA) is 76.1 Å². The number of esters is 1. The molecule has 0 radical (unpaired) electrons. The van der Waals surface area contributed by atoms with Crippen LogP contribution in [0.25, 0.3) is 6.08 Å². The Morgan fingerprint density at radius 3 is 2.64 bits per heavy atom. The number of rotatable bonds is 1. The number of Topliss-reactive ketones (excluding diaryl/α,β-unsaturated/α-hetero) is 1. The fraction of sp³-hybridized carbons (Fsp3) is 0.429. The molecule has 0 aromatic heterocycles. The smallest absolute Gasteiger partial charge is 0.342 e. The molecular formula is C21H24FNO5. The second-order valence-corrected chi connectivity index (χ2v) is 6.72. The van der Waals surface area contributed by atoms with Crippen molar-refractivity contribution in [1.82, 2.24) is 0 Å². The quantitative estimate of drug-likeness (QED) is 0.742. The highest BCUT2D eigenvalue weighted by atomic mass is 19.1. The number of morpholine rings is 1. The number of halogens is 1. The highest BCUT2D eigenvalue weighted by Crippen LogP contribution is 2.31. The zero-order valence-corrected chi connectivity index (χ0v) is 15.7. The van der Waals surface area contributed by atoms with Crippen molar-refractivity contribution in [2.24, 2.45) is 0 Å². The fourth-order valence-electron chi connectivity index (χ4n) is 3.22. The Hall–Kier alpha value is -2.67. The second kappa shape index (κ2) is 9.50. The van der Waals surface area contributed by atoms with E-state index in [0.29, 0.717) is 44.7 Å². The summed E-state index contributed by atoms with van der Waals surface area (Å²) in [7, 11) is 0. The molecule has 150 valence electrons. The van der Waals surface area contributed by atoms with Crippen molar-refractivity contribution in [3.63, 3.8) is 0 Å². The predicted molar refractivity (Wildman–Crippen MR) is 103 cm³/mol. The molecule has 6 nitrogen and oxygen atoms in total. The lowest BCUT2D eigenvalue weighted by molar-refractivity contribution is -0.117. The van der Waals surface area contributed by atoms with Gasteiger partial charge in [0.15, 0.2) is 11.6 Å². The van der Waals surface area contributed by atoms with Crippen LogP contribution >= 0.6 is 0 Å². The Morgan fingerprint density at radius 1 is 1.07 bits per heavy atom. The largest absolute Gasteiger partial charge is 0.507 e. The number of anilines is 1. The van der Waals surface area contributed by atoms with E-state index in [9.17, 15) is 19.1 Å². The van der Waals surface area contributed by atoms with E-state index in [0.717, 1.165) is 11.8 Å². The minimum absolute atomic E-state index is 0.0760. The van der Waals surface area contributed by atoms with E-state index in [1.165, 1.54) is 0 Å². The van der Waals surface area contributed by atoms with Crippen molar-refractivity contribution in [3.05, 3.63) is 41.2 Å². The molecule has 7 heteroatoms. The highest BCUT2D eigenvalue weighted by Gasteiger charge is 2.21. The number of nitrogens with zero attached hydrogens (tertiary/aromatic N) is 1. The number of phenols is 1. The molecule has 1 fully saturated rings. The Labute approximate surface area is 163 Å². The maximum absolute atomic E-state index is 13.7. The summed E-state index contributed by atoms with van der Waals surface area (Å²) >= 11 is 0. The summed E-state index contributed by atoms with van der Waals surface area (Å²) in [5, 5.41) is 10.5. The van der Waals surface area contributed by atoms with Crippen LogP contribution in [0.4, 0.5) is 10.1 Å². The normalized spacial score (nSPS) is 22.5. The molecule has 1 aromatic rings. The third-order valence-corrected chi connectivity index (χ3v) is 4.73. The molecule has 2 aliphatic rings. The van der Waals surface area contributed by atoms with Gasteiger partial charge in [-0.3, -0.25) is 4.79 Å². The average molecular weight is 389 g/mol. The van der Waals surface area contributed by atoms with Crippen LogP contribution in [0.1, 0.15) is 41.6 Å². The van der Waals surface area contributed by atoms with Crippen LogP contribution in [0.2, 0.25) is 0 Å². The maximum Gasteiger partial charge on any atom is 0.342 e. The summed E-state index contributed by atoms with van der Waals surface area (Å²) in [6.45, 7) is 2.54. The molecule has 0 bridgehead atoms. The van der Waals surface area contributed by atoms with Crippen LogP contribution in [0.15, 0.2) is 30.1 Å². The Balaban J connectivity index is 1.90. The number of cyclic esters (lactones) is 1. The Morgan fingerprint density at radius 2 is 1.86 bits per heavy atom. The standard InChI is InChI=1S/C21H24FNO5/c22-17-6-4-10-28-21(26)20-15(5-2-1-3-7-18(17)24)13-16(14-19(20)25)23-8-11-27-12-9-23/h2,5-6,13-14,25H,1,3-4,7-12H2/b5-2+,17-6+. The summed E-state index contributed by atoms with van der Waals surface area (Å²) < 4.78 is 24.2. The molecule has 0 unspecified atom stereocenters. The number of carbonyl (C=O) groups excluding carboxylic acids is 2. The van der Waals surface area contributed by atoms with Gasteiger partial charge in [0.1, 0.15) is 11.3 Å². The van der Waals surface area contributed by atoms with Crippen LogP contribution in [-0.4, -0.2) is 49.8 Å². The lowest BCUT2D eigenvalue weighted by Crippen LogP contribution is -2.36. The lowest BCUT2D eigenvalue weighted by Gasteiger charge is -2.29. The zero-order chi connectivity index (χ0) is 19.9. The Bertz CT molecular complexity index is 796. The van der Waals surface area contributed by atoms with Crippen molar-refractivity contribution < 1.29 is 28.6 Å². The predicted octanol–water partition coefficient (Wildman–Crippen LogP) is 3.40. The molecule has 2 heterocycles. The first kappa shape index (κ1) is 20.1. The van der Waals surface area contributed by atoms with E-state index in [1.807, 2.05) is 12.1 Å². The average Bonchev–Trinajstić information content (AvgIpc) is 2.70. The summed E-state index contributed by atoms with van der Waals surface area (Å²) in [6.07, 6.45) is 5.97. The number of aromatic hydroxyl groups is 1. The van der Waals surface area contributed by atoms with E-state index >= 15 is 0 Å². The second-order valence-electron chi connectivity index (χ2n) is 6.72. The van der Waals surface area contributed by atoms with Gasteiger partial charge in [-0.25, -0.2) is 9.18 Å². The van der Waals surface area contributed by atoms with Gasteiger partial charge in [0.25, 0.3) is 0 Å². The van der Waals surface area contributed by atoms with E-state index in [-0.39, 0.29) is 30.8 Å². The SMILES string of the molecule is O=C1CCC/C=C/c2cc(N3CCOCC3)cc(O)c2C(=O)OCC/C=C\1F. The third kappa shape index (κ3) is 4.98. The molecule has 2 aliphatic heterocycles. The minimum atomic E-state index is -0.796. The fourth-order valence-corrected chi connectivity index (χ4v) is 3.22. The summed E-state index contributed by atoms with van der Waals surface area (Å²) in [6, 6.07) is 3.40. The van der Waals surface area contributed by atoms with Crippen LogP contribution in [0.3, 0.4) is 0 Å². The number of carbonyl (C=O) groups is 2. The van der Waals surface area contributed by atoms with Crippen molar-refractivity contribution >= 4 is 23.5 Å². The van der Waals surface area contributed by atoms with Gasteiger partial charge < -0.3 is 19.5 Å². The van der Waals surface area contributed by atoms with E-state index < -0.39 is 17.6 Å². The van der Waals surface area contributed by atoms with E-state index in [1.54, 1.807) is 12.1 Å². The summed E-state index contributed by atoms with van der Waals surface area (Å²) in [4.78, 5) is 26.3. The Kier molecular flexibility index (Phi) is 6.81. The molecule has 0 spiro atoms. The van der Waals surface area contributed by atoms with Gasteiger partial charge >= 0.3 is 5.97 Å². The molecule has 1 aromatic carbocycles. The molecule has 28 heavy (non-hydrogen) atoms. The number of ether oxygens (including phenoxy) is 2. The van der Waals surface area contributed by atoms with Gasteiger partial charge in [0.2, 0.25) is 0 Å². The van der Waals surface area contributed by atoms with Gasteiger partial charge in [-0.05, 0) is 30.5 Å². The van der Waals surface area contributed by atoms with Crippen LogP contribution in [-0.2, 0) is 14.3 Å². The number of hydrogen-bond acceptors (Lipinski definition) is 6. The molecule has 1 N–H and O–H groups in total. The van der Waals surface area contributed by atoms with Gasteiger partial charge in [-0.2, -0.15) is 0 Å². The molecule has 0 atom stereocenters. The summed E-state index contributed by atoms with van der Waals surface area (Å²) in [5.41, 5.74) is 1.45. The van der Waals surface area contributed by atoms with Gasteiger partial charge in [-0.1, -0.05) is 12.2 Å². The number of fused-ring (bicyclic) bond motifs is 1. The molecule has 3 rings (SSSR count). The van der Waals surface area contributed by atoms with Crippen LogP contribution in [0.5, 0.6) is 5.75 Å². The number of allylic oxidation sites excluding steroid dienone is 2. The lowest BCUT2D eigenvalue weighted by atomic mass is 10.0. The first-order valence-electron chi connectivity index (χ1n) is 9.48. The number of hydrogen-bond donors (Lipinski definition) is 1. The molecule has 0 aliphatic carbocycles. The summed E-state index contributed by atoms with van der Waals surface area (Å²) in [5.74, 6) is -2.17.